The zero-order valence-electron chi connectivity index (χ0n) is 17.8. The maximum Gasteiger partial charge on any atom is 0.429 e. The highest BCUT2D eigenvalue weighted by atomic mass is 35.5. The normalized spacial score (nSPS) is 14.5. The zero-order valence-corrected chi connectivity index (χ0v) is 19.3. The topological polar surface area (TPSA) is 93.1 Å². The van der Waals surface area contributed by atoms with Crippen LogP contribution in [0.15, 0.2) is 47.8 Å². The summed E-state index contributed by atoms with van der Waals surface area (Å²) in [7, 11) is 1.23. The third kappa shape index (κ3) is 4.56. The summed E-state index contributed by atoms with van der Waals surface area (Å²) >= 11 is 7.16. The first-order valence-electron chi connectivity index (χ1n) is 9.89. The van der Waals surface area contributed by atoms with Crippen LogP contribution in [0.5, 0.6) is 11.5 Å². The Kier molecular flexibility index (Phi) is 6.48. The molecule has 182 valence electrons. The predicted molar refractivity (Wildman–Crippen MR) is 121 cm³/mol. The number of carbonyl (C=O) groups excluding carboxylic acids is 2. The van der Waals surface area contributed by atoms with Crippen molar-refractivity contribution in [2.45, 2.75) is 18.7 Å². The van der Waals surface area contributed by atoms with Gasteiger partial charge >= 0.3 is 12.1 Å². The maximum absolute atomic E-state index is 13.9. The maximum atomic E-state index is 13.9. The third-order valence-corrected chi connectivity index (χ3v) is 6.51. The molecule has 0 spiro atoms. The number of alkyl halides is 3. The number of methoxy groups -OCH3 is 1. The van der Waals surface area contributed by atoms with Crippen LogP contribution >= 0.6 is 22.9 Å². The summed E-state index contributed by atoms with van der Waals surface area (Å²) in [4.78, 5) is 38.3. The number of halogens is 4. The molecule has 0 saturated heterocycles. The summed E-state index contributed by atoms with van der Waals surface area (Å²) in [6, 6.07) is 8.85. The second-order valence-electron chi connectivity index (χ2n) is 7.36. The molecule has 2 amide bonds. The number of carboxylic acid groups (broad SMARTS) is 1. The quantitative estimate of drug-likeness (QED) is 0.426. The van der Waals surface area contributed by atoms with E-state index in [4.69, 9.17) is 21.1 Å². The van der Waals surface area contributed by atoms with E-state index in [0.29, 0.717) is 4.90 Å². The lowest BCUT2D eigenvalue weighted by Crippen LogP contribution is -2.42. The SMILES string of the molecule is COc1ccccc1C(Oc1ccc(Cl)c(N2C(=O)Cc3scc(C(=O)O)c3C2=O)c1)C(F)(F)F. The molecule has 12 heteroatoms. The van der Waals surface area contributed by atoms with E-state index in [1.54, 1.807) is 0 Å². The van der Waals surface area contributed by atoms with E-state index < -0.39 is 30.1 Å². The van der Waals surface area contributed by atoms with Crippen molar-refractivity contribution >= 4 is 46.4 Å². The molecule has 0 saturated carbocycles. The number of thiophene rings is 1. The average molecular weight is 526 g/mol. The zero-order chi connectivity index (χ0) is 25.5. The fourth-order valence-corrected chi connectivity index (χ4v) is 4.87. The lowest BCUT2D eigenvalue weighted by molar-refractivity contribution is -0.198. The number of benzene rings is 2. The van der Waals surface area contributed by atoms with E-state index in [0.717, 1.165) is 23.5 Å². The number of hydrogen-bond donors (Lipinski definition) is 1. The average Bonchev–Trinajstić information content (AvgIpc) is 3.23. The molecule has 1 N–H and O–H groups in total. The molecule has 2 heterocycles. The van der Waals surface area contributed by atoms with Gasteiger partial charge in [-0.2, -0.15) is 13.2 Å². The molecule has 4 rings (SSSR count). The molecule has 0 aliphatic carbocycles. The van der Waals surface area contributed by atoms with Crippen molar-refractivity contribution in [3.05, 3.63) is 74.4 Å². The first-order valence-corrected chi connectivity index (χ1v) is 11.2. The lowest BCUT2D eigenvalue weighted by atomic mass is 10.0. The van der Waals surface area contributed by atoms with Gasteiger partial charge < -0.3 is 14.6 Å². The number of imide groups is 1. The molecule has 0 bridgehead atoms. The van der Waals surface area contributed by atoms with Crippen molar-refractivity contribution in [3.8, 4) is 11.5 Å². The first-order chi connectivity index (χ1) is 16.5. The van der Waals surface area contributed by atoms with Crippen LogP contribution < -0.4 is 14.4 Å². The summed E-state index contributed by atoms with van der Waals surface area (Å²) < 4.78 is 52.1. The number of rotatable bonds is 6. The van der Waals surface area contributed by atoms with Gasteiger partial charge in [0.1, 0.15) is 11.5 Å². The Morgan fingerprint density at radius 2 is 1.91 bits per heavy atom. The van der Waals surface area contributed by atoms with Gasteiger partial charge in [-0.25, -0.2) is 9.69 Å². The lowest BCUT2D eigenvalue weighted by Gasteiger charge is -2.28. The van der Waals surface area contributed by atoms with Gasteiger partial charge in [0.2, 0.25) is 12.0 Å². The standard InChI is InChI=1S/C23H15ClF3NO6S/c1-33-16-5-3-2-4-12(16)20(23(25,26)27)34-11-6-7-14(24)15(8-11)28-18(29)9-17-19(21(28)30)13(10-35-17)22(31)32/h2-8,10,20H,9H2,1H3,(H,31,32). The molecule has 1 aliphatic rings. The fraction of sp³-hybridized carbons (Fsp3) is 0.174. The van der Waals surface area contributed by atoms with Gasteiger partial charge in [-0.05, 0) is 18.2 Å². The number of ether oxygens (including phenoxy) is 2. The number of fused-ring (bicyclic) bond motifs is 1. The van der Waals surface area contributed by atoms with Gasteiger partial charge in [0.25, 0.3) is 5.91 Å². The number of carbonyl (C=O) groups is 3. The molecule has 7 nitrogen and oxygen atoms in total. The monoisotopic (exact) mass is 525 g/mol. The number of carboxylic acids is 1. The largest absolute Gasteiger partial charge is 0.496 e. The summed E-state index contributed by atoms with van der Waals surface area (Å²) in [5.41, 5.74) is -0.942. The highest BCUT2D eigenvalue weighted by Crippen LogP contribution is 2.42. The molecule has 1 atom stereocenters. The second-order valence-corrected chi connectivity index (χ2v) is 8.73. The number of nitrogens with zero attached hydrogens (tertiary/aromatic N) is 1. The molecule has 1 aliphatic heterocycles. The van der Waals surface area contributed by atoms with Crippen LogP contribution in [-0.4, -0.2) is 36.2 Å². The Morgan fingerprint density at radius 1 is 1.20 bits per heavy atom. The molecule has 3 aromatic rings. The molecule has 1 aromatic heterocycles. The van der Waals surface area contributed by atoms with Gasteiger partial charge in [-0.15, -0.1) is 11.3 Å². The van der Waals surface area contributed by atoms with Crippen LogP contribution in [0.1, 0.15) is 37.3 Å². The summed E-state index contributed by atoms with van der Waals surface area (Å²) in [6.07, 6.45) is -7.54. The van der Waals surface area contributed by atoms with Crippen LogP contribution in [0.25, 0.3) is 0 Å². The van der Waals surface area contributed by atoms with Crippen LogP contribution in [0.3, 0.4) is 0 Å². The van der Waals surface area contributed by atoms with Gasteiger partial charge in [0.15, 0.2) is 0 Å². The Labute approximate surface area is 205 Å². The summed E-state index contributed by atoms with van der Waals surface area (Å²) in [5, 5.41) is 10.5. The molecular formula is C23H15ClF3NO6S. The number of hydrogen-bond acceptors (Lipinski definition) is 6. The van der Waals surface area contributed by atoms with E-state index in [9.17, 15) is 32.7 Å². The highest BCUT2D eigenvalue weighted by molar-refractivity contribution is 7.11. The minimum absolute atomic E-state index is 0.0448. The fourth-order valence-electron chi connectivity index (χ4n) is 3.67. The number of anilines is 1. The van der Waals surface area contributed by atoms with E-state index in [1.807, 2.05) is 0 Å². The van der Waals surface area contributed by atoms with Crippen LogP contribution in [-0.2, 0) is 11.2 Å². The number of para-hydroxylation sites is 1. The minimum Gasteiger partial charge on any atom is -0.496 e. The Bertz CT molecular complexity index is 1340. The first kappa shape index (κ1) is 24.6. The Morgan fingerprint density at radius 3 is 2.57 bits per heavy atom. The van der Waals surface area contributed by atoms with Crippen molar-refractivity contribution in [1.82, 2.24) is 0 Å². The van der Waals surface area contributed by atoms with Crippen molar-refractivity contribution in [1.29, 1.82) is 0 Å². The van der Waals surface area contributed by atoms with Gasteiger partial charge in [0, 0.05) is 21.9 Å². The van der Waals surface area contributed by atoms with Gasteiger partial charge in [-0.3, -0.25) is 9.59 Å². The summed E-state index contributed by atoms with van der Waals surface area (Å²) in [5.74, 6) is -3.37. The molecule has 0 radical (unpaired) electrons. The second kappa shape index (κ2) is 9.23. The van der Waals surface area contributed by atoms with Crippen molar-refractivity contribution in [2.24, 2.45) is 0 Å². The number of amides is 2. The van der Waals surface area contributed by atoms with Crippen molar-refractivity contribution in [2.75, 3.05) is 12.0 Å². The Balaban J connectivity index is 1.75. The van der Waals surface area contributed by atoms with E-state index in [1.165, 1.54) is 42.8 Å². The van der Waals surface area contributed by atoms with E-state index >= 15 is 0 Å². The van der Waals surface area contributed by atoms with Crippen molar-refractivity contribution < 1.29 is 42.1 Å². The van der Waals surface area contributed by atoms with Crippen LogP contribution in [0.2, 0.25) is 5.02 Å². The molecule has 2 aromatic carbocycles. The highest BCUT2D eigenvalue weighted by Gasteiger charge is 2.45. The molecule has 35 heavy (non-hydrogen) atoms. The molecular weight excluding hydrogens is 511 g/mol. The van der Waals surface area contributed by atoms with Gasteiger partial charge in [-0.1, -0.05) is 29.8 Å². The van der Waals surface area contributed by atoms with Crippen LogP contribution in [0, 0.1) is 0 Å². The molecule has 1 unspecified atom stereocenters. The Hall–Kier alpha value is -3.57. The summed E-state index contributed by atoms with van der Waals surface area (Å²) in [6.45, 7) is 0. The molecule has 0 fully saturated rings. The van der Waals surface area contributed by atoms with Gasteiger partial charge in [0.05, 0.1) is 35.4 Å². The van der Waals surface area contributed by atoms with E-state index in [-0.39, 0.29) is 50.2 Å². The predicted octanol–water partition coefficient (Wildman–Crippen LogP) is 5.52. The van der Waals surface area contributed by atoms with Crippen LogP contribution in [0.4, 0.5) is 18.9 Å². The third-order valence-electron chi connectivity index (χ3n) is 5.21. The smallest absolute Gasteiger partial charge is 0.429 e. The number of aromatic carboxylic acids is 1. The van der Waals surface area contributed by atoms with E-state index in [2.05, 4.69) is 0 Å². The minimum atomic E-state index is -4.84. The van der Waals surface area contributed by atoms with Crippen molar-refractivity contribution in [3.63, 3.8) is 0 Å².